The Morgan fingerprint density at radius 3 is 2.69 bits per heavy atom. The van der Waals surface area contributed by atoms with Crippen molar-refractivity contribution < 1.29 is 0 Å². The molecule has 16 heavy (non-hydrogen) atoms. The number of rotatable bonds is 3. The van der Waals surface area contributed by atoms with Gasteiger partial charge in [0, 0.05) is 6.20 Å². The van der Waals surface area contributed by atoms with Gasteiger partial charge in [-0.3, -0.25) is 0 Å². The summed E-state index contributed by atoms with van der Waals surface area (Å²) in [5.74, 6) is 0.373. The molecule has 0 amide bonds. The Morgan fingerprint density at radius 1 is 1.25 bits per heavy atom. The third-order valence-corrected chi connectivity index (χ3v) is 2.59. The molecule has 0 saturated heterocycles. The highest BCUT2D eigenvalue weighted by Gasteiger charge is 2.22. The molecule has 0 spiro atoms. The molecule has 2 rings (SSSR count). The van der Waals surface area contributed by atoms with Gasteiger partial charge in [0.1, 0.15) is 5.66 Å². The van der Waals surface area contributed by atoms with Gasteiger partial charge >= 0.3 is 0 Å². The zero-order valence-corrected chi connectivity index (χ0v) is 9.06. The molecule has 5 N–H and O–H groups in total. The number of hydrogen-bond acceptors (Lipinski definition) is 4. The fourth-order valence-corrected chi connectivity index (χ4v) is 1.69. The Bertz CT molecular complexity index is 410. The summed E-state index contributed by atoms with van der Waals surface area (Å²) >= 11 is 0. The number of guanidine groups is 1. The molecular weight excluding hydrogens is 200 g/mol. The van der Waals surface area contributed by atoms with Crippen LogP contribution in [0, 0.1) is 0 Å². The second-order valence-corrected chi connectivity index (χ2v) is 3.95. The Balaban J connectivity index is 2.00. The summed E-state index contributed by atoms with van der Waals surface area (Å²) in [5, 5.41) is 2.80. The lowest BCUT2D eigenvalue weighted by molar-refractivity contribution is 0.500. The maximum Gasteiger partial charge on any atom is 0.194 e. The lowest BCUT2D eigenvalue weighted by atomic mass is 10.0. The third-order valence-electron chi connectivity index (χ3n) is 2.59. The Hall–Kier alpha value is -1.81. The quantitative estimate of drug-likeness (QED) is 0.696. The number of aryl methyl sites for hydroxylation is 1. The zero-order chi connectivity index (χ0) is 11.4. The first kappa shape index (κ1) is 10.7. The number of nitrogens with zero attached hydrogens (tertiary/aromatic N) is 1. The van der Waals surface area contributed by atoms with E-state index in [-0.39, 0.29) is 0 Å². The van der Waals surface area contributed by atoms with Crippen LogP contribution in [0.3, 0.4) is 0 Å². The normalized spacial score (nSPS) is 23.7. The SMILES string of the molecule is NC1=NC(N)(CCc2ccccc2)C=CN1. The molecule has 0 saturated carbocycles. The first-order valence-corrected chi connectivity index (χ1v) is 5.30. The standard InChI is InChI=1S/C12H16N4/c13-11-15-9-8-12(14,16-11)7-6-10-4-2-1-3-5-10/h1-5,8-9H,6-7,14H2,(H3,13,15,16). The smallest absolute Gasteiger partial charge is 0.194 e. The minimum Gasteiger partial charge on any atom is -0.370 e. The van der Waals surface area contributed by atoms with Crippen LogP contribution in [-0.4, -0.2) is 11.6 Å². The molecule has 1 aliphatic heterocycles. The Labute approximate surface area is 95.1 Å². The van der Waals surface area contributed by atoms with Crippen molar-refractivity contribution in [2.45, 2.75) is 18.5 Å². The van der Waals surface area contributed by atoms with E-state index in [2.05, 4.69) is 22.4 Å². The molecule has 1 aromatic carbocycles. The molecular formula is C12H16N4. The van der Waals surface area contributed by atoms with E-state index >= 15 is 0 Å². The van der Waals surface area contributed by atoms with Gasteiger partial charge in [0.05, 0.1) is 0 Å². The topological polar surface area (TPSA) is 76.4 Å². The molecule has 0 aromatic heterocycles. The van der Waals surface area contributed by atoms with E-state index in [1.807, 2.05) is 24.3 Å². The van der Waals surface area contributed by atoms with Crippen molar-refractivity contribution in [2.75, 3.05) is 0 Å². The molecule has 0 aliphatic carbocycles. The molecule has 0 radical (unpaired) electrons. The van der Waals surface area contributed by atoms with Gasteiger partial charge in [-0.1, -0.05) is 30.3 Å². The van der Waals surface area contributed by atoms with Gasteiger partial charge in [-0.15, -0.1) is 0 Å². The van der Waals surface area contributed by atoms with E-state index in [0.717, 1.165) is 12.8 Å². The van der Waals surface area contributed by atoms with E-state index in [4.69, 9.17) is 11.5 Å². The highest BCUT2D eigenvalue weighted by atomic mass is 15.2. The Morgan fingerprint density at radius 2 is 2.00 bits per heavy atom. The summed E-state index contributed by atoms with van der Waals surface area (Å²) in [6.07, 6.45) is 5.22. The molecule has 1 unspecified atom stereocenters. The molecule has 1 atom stereocenters. The van der Waals surface area contributed by atoms with Crippen molar-refractivity contribution in [3.8, 4) is 0 Å². The lowest BCUT2D eigenvalue weighted by Crippen LogP contribution is -2.44. The van der Waals surface area contributed by atoms with Crippen molar-refractivity contribution in [1.82, 2.24) is 5.32 Å². The molecule has 1 heterocycles. The molecule has 4 nitrogen and oxygen atoms in total. The summed E-state index contributed by atoms with van der Waals surface area (Å²) < 4.78 is 0. The fourth-order valence-electron chi connectivity index (χ4n) is 1.69. The van der Waals surface area contributed by atoms with E-state index in [1.165, 1.54) is 5.56 Å². The second-order valence-electron chi connectivity index (χ2n) is 3.95. The van der Waals surface area contributed by atoms with Crippen LogP contribution < -0.4 is 16.8 Å². The van der Waals surface area contributed by atoms with Gasteiger partial charge in [-0.25, -0.2) is 4.99 Å². The average molecular weight is 216 g/mol. The molecule has 0 bridgehead atoms. The van der Waals surface area contributed by atoms with Crippen LogP contribution in [0.4, 0.5) is 0 Å². The molecule has 4 heteroatoms. The van der Waals surface area contributed by atoms with Gasteiger partial charge in [0.15, 0.2) is 5.96 Å². The zero-order valence-electron chi connectivity index (χ0n) is 9.06. The highest BCUT2D eigenvalue weighted by molar-refractivity contribution is 5.80. The van der Waals surface area contributed by atoms with E-state index in [1.54, 1.807) is 6.20 Å². The van der Waals surface area contributed by atoms with Crippen molar-refractivity contribution in [3.63, 3.8) is 0 Å². The summed E-state index contributed by atoms with van der Waals surface area (Å²) in [7, 11) is 0. The monoisotopic (exact) mass is 216 g/mol. The van der Waals surface area contributed by atoms with Crippen LogP contribution in [0.2, 0.25) is 0 Å². The maximum atomic E-state index is 6.10. The van der Waals surface area contributed by atoms with Gasteiger partial charge in [0.25, 0.3) is 0 Å². The third kappa shape index (κ3) is 2.61. The summed E-state index contributed by atoms with van der Waals surface area (Å²) in [6, 6.07) is 10.2. The van der Waals surface area contributed by atoms with Crippen LogP contribution >= 0.6 is 0 Å². The van der Waals surface area contributed by atoms with Gasteiger partial charge < -0.3 is 16.8 Å². The average Bonchev–Trinajstić information content (AvgIpc) is 2.28. The lowest BCUT2D eigenvalue weighted by Gasteiger charge is -2.25. The van der Waals surface area contributed by atoms with Crippen LogP contribution in [0.25, 0.3) is 0 Å². The minimum absolute atomic E-state index is 0.373. The number of benzene rings is 1. The van der Waals surface area contributed by atoms with E-state index in [9.17, 15) is 0 Å². The minimum atomic E-state index is -0.675. The number of hydrogen-bond donors (Lipinski definition) is 3. The molecule has 0 fully saturated rings. The number of aliphatic imine (C=N–C) groups is 1. The molecule has 84 valence electrons. The highest BCUT2D eigenvalue weighted by Crippen LogP contribution is 2.16. The van der Waals surface area contributed by atoms with Crippen molar-refractivity contribution in [3.05, 3.63) is 48.2 Å². The van der Waals surface area contributed by atoms with Crippen LogP contribution in [0.15, 0.2) is 47.6 Å². The van der Waals surface area contributed by atoms with E-state index < -0.39 is 5.66 Å². The predicted molar refractivity (Wildman–Crippen MR) is 65.6 cm³/mol. The fraction of sp³-hybridized carbons (Fsp3) is 0.250. The predicted octanol–water partition coefficient (Wildman–Crippen LogP) is 0.706. The number of nitrogens with two attached hydrogens (primary N) is 2. The molecule has 1 aromatic rings. The van der Waals surface area contributed by atoms with E-state index in [0.29, 0.717) is 5.96 Å². The first-order chi connectivity index (χ1) is 7.68. The van der Waals surface area contributed by atoms with Crippen LogP contribution in [-0.2, 0) is 6.42 Å². The maximum absolute atomic E-state index is 6.10. The number of nitrogens with one attached hydrogen (secondary N) is 1. The van der Waals surface area contributed by atoms with Crippen LogP contribution in [0.5, 0.6) is 0 Å². The van der Waals surface area contributed by atoms with Gasteiger partial charge in [0.2, 0.25) is 0 Å². The van der Waals surface area contributed by atoms with Crippen molar-refractivity contribution in [2.24, 2.45) is 16.5 Å². The largest absolute Gasteiger partial charge is 0.370 e. The summed E-state index contributed by atoms with van der Waals surface area (Å²) in [4.78, 5) is 4.20. The molecule has 1 aliphatic rings. The summed E-state index contributed by atoms with van der Waals surface area (Å²) in [5.41, 5.74) is 12.3. The van der Waals surface area contributed by atoms with Crippen molar-refractivity contribution in [1.29, 1.82) is 0 Å². The summed E-state index contributed by atoms with van der Waals surface area (Å²) in [6.45, 7) is 0. The van der Waals surface area contributed by atoms with Gasteiger partial charge in [-0.05, 0) is 24.5 Å². The van der Waals surface area contributed by atoms with Crippen molar-refractivity contribution >= 4 is 5.96 Å². The Kier molecular flexibility index (Phi) is 2.92. The van der Waals surface area contributed by atoms with Gasteiger partial charge in [-0.2, -0.15) is 0 Å². The van der Waals surface area contributed by atoms with Crippen LogP contribution in [0.1, 0.15) is 12.0 Å². The first-order valence-electron chi connectivity index (χ1n) is 5.30. The second kappa shape index (κ2) is 4.37.